The lowest BCUT2D eigenvalue weighted by Gasteiger charge is -2.25. The number of hydrogen-bond acceptors (Lipinski definition) is 4. The van der Waals surface area contributed by atoms with Crippen molar-refractivity contribution in [2.24, 2.45) is 0 Å². The molecule has 1 aromatic carbocycles. The van der Waals surface area contributed by atoms with Crippen LogP contribution in [0, 0.1) is 0 Å². The average Bonchev–Trinajstić information content (AvgIpc) is 3.01. The second-order valence-corrected chi connectivity index (χ2v) is 6.11. The minimum Gasteiger partial charge on any atom is -0.322 e. The number of benzene rings is 1. The first kappa shape index (κ1) is 19.3. The molecule has 0 aliphatic carbocycles. The van der Waals surface area contributed by atoms with Gasteiger partial charge in [0.25, 0.3) is 5.91 Å². The Balaban J connectivity index is 2.02. The maximum absolute atomic E-state index is 13.7. The molecule has 2 heterocycles. The molecule has 146 valence electrons. The van der Waals surface area contributed by atoms with Crippen LogP contribution in [0.15, 0.2) is 42.4 Å². The molecule has 0 unspecified atom stereocenters. The van der Waals surface area contributed by atoms with E-state index < -0.39 is 47.5 Å². The highest BCUT2D eigenvalue weighted by molar-refractivity contribution is 6.12. The summed E-state index contributed by atoms with van der Waals surface area (Å²) in [5, 5.41) is 2.20. The van der Waals surface area contributed by atoms with E-state index in [1.807, 2.05) is 0 Å². The molecular formula is C18H15F3N4O3. The number of amides is 3. The zero-order valence-corrected chi connectivity index (χ0v) is 14.7. The fourth-order valence-corrected chi connectivity index (χ4v) is 2.80. The van der Waals surface area contributed by atoms with E-state index in [4.69, 9.17) is 0 Å². The number of halogens is 3. The lowest BCUT2D eigenvalue weighted by molar-refractivity contribution is -0.147. The molecule has 1 N–H and O–H groups in total. The molecule has 10 heteroatoms. The summed E-state index contributed by atoms with van der Waals surface area (Å²) in [6.07, 6.45) is -2.90. The van der Waals surface area contributed by atoms with Gasteiger partial charge in [0, 0.05) is 13.5 Å². The maximum Gasteiger partial charge on any atom is 0.433 e. The van der Waals surface area contributed by atoms with Crippen molar-refractivity contribution in [1.82, 2.24) is 19.8 Å². The number of piperazine rings is 1. The van der Waals surface area contributed by atoms with Crippen LogP contribution < -0.4 is 5.32 Å². The van der Waals surface area contributed by atoms with Crippen molar-refractivity contribution in [3.8, 4) is 0 Å². The highest BCUT2D eigenvalue weighted by Gasteiger charge is 2.39. The number of nitrogens with zero attached hydrogens (tertiary/aromatic N) is 3. The van der Waals surface area contributed by atoms with Gasteiger partial charge in [-0.05, 0) is 11.6 Å². The summed E-state index contributed by atoms with van der Waals surface area (Å²) in [6.45, 7) is 0.523. The van der Waals surface area contributed by atoms with Crippen molar-refractivity contribution in [2.75, 3.05) is 6.54 Å². The smallest absolute Gasteiger partial charge is 0.322 e. The van der Waals surface area contributed by atoms with Gasteiger partial charge < -0.3 is 9.88 Å². The molecule has 28 heavy (non-hydrogen) atoms. The van der Waals surface area contributed by atoms with Crippen LogP contribution in [-0.4, -0.2) is 38.7 Å². The zero-order chi connectivity index (χ0) is 20.5. The predicted molar refractivity (Wildman–Crippen MR) is 91.3 cm³/mol. The minimum atomic E-state index is -4.75. The van der Waals surface area contributed by atoms with Gasteiger partial charge in [-0.1, -0.05) is 30.3 Å². The van der Waals surface area contributed by atoms with Gasteiger partial charge in [0.15, 0.2) is 5.69 Å². The molecule has 2 aromatic rings. The Kier molecular flexibility index (Phi) is 5.04. The van der Waals surface area contributed by atoms with Crippen LogP contribution in [0.1, 0.15) is 23.9 Å². The lowest BCUT2D eigenvalue weighted by Crippen LogP contribution is -2.51. The van der Waals surface area contributed by atoms with E-state index in [0.29, 0.717) is 10.5 Å². The van der Waals surface area contributed by atoms with E-state index in [9.17, 15) is 27.6 Å². The van der Waals surface area contributed by atoms with E-state index in [2.05, 4.69) is 10.3 Å². The van der Waals surface area contributed by atoms with Crippen LogP contribution in [-0.2, 0) is 27.1 Å². The fraction of sp³-hybridized carbons (Fsp3) is 0.222. The molecule has 1 aromatic heterocycles. The summed E-state index contributed by atoms with van der Waals surface area (Å²) in [7, 11) is 0. The molecule has 0 atom stereocenters. The van der Waals surface area contributed by atoms with Crippen LogP contribution in [0.4, 0.5) is 13.2 Å². The SMILES string of the molecule is CC(=O)N1CC(=O)N/C(=C\c2ncn(Cc3ccccc3)c2C(F)(F)F)C1=O. The molecule has 3 rings (SSSR count). The Morgan fingerprint density at radius 3 is 2.54 bits per heavy atom. The van der Waals surface area contributed by atoms with Gasteiger partial charge >= 0.3 is 6.18 Å². The Bertz CT molecular complexity index is 964. The maximum atomic E-state index is 13.7. The number of aromatic nitrogens is 2. The van der Waals surface area contributed by atoms with Crippen molar-refractivity contribution in [3.05, 3.63) is 59.3 Å². The van der Waals surface area contributed by atoms with Gasteiger partial charge in [-0.15, -0.1) is 0 Å². The van der Waals surface area contributed by atoms with Crippen molar-refractivity contribution in [3.63, 3.8) is 0 Å². The van der Waals surface area contributed by atoms with Crippen LogP contribution in [0.2, 0.25) is 0 Å². The van der Waals surface area contributed by atoms with Gasteiger partial charge in [-0.25, -0.2) is 4.98 Å². The first-order valence-electron chi connectivity index (χ1n) is 8.17. The standard InChI is InChI=1S/C18H15F3N4O3/c1-11(26)25-9-15(27)23-14(17(25)28)7-13-16(18(19,20)21)24(10-22-13)8-12-5-3-2-4-6-12/h2-7,10H,8-9H2,1H3,(H,23,27)/b14-7-. The molecule has 1 fully saturated rings. The van der Waals surface area contributed by atoms with Gasteiger partial charge in [0.2, 0.25) is 11.8 Å². The van der Waals surface area contributed by atoms with Crippen molar-refractivity contribution >= 4 is 23.8 Å². The summed E-state index contributed by atoms with van der Waals surface area (Å²) < 4.78 is 41.9. The number of alkyl halides is 3. The first-order chi connectivity index (χ1) is 13.2. The third-order valence-electron chi connectivity index (χ3n) is 4.04. The minimum absolute atomic E-state index is 0.0776. The second-order valence-electron chi connectivity index (χ2n) is 6.11. The van der Waals surface area contributed by atoms with Crippen LogP contribution in [0.3, 0.4) is 0 Å². The number of imidazole rings is 1. The molecule has 0 saturated carbocycles. The highest BCUT2D eigenvalue weighted by Crippen LogP contribution is 2.33. The van der Waals surface area contributed by atoms with Crippen molar-refractivity contribution < 1.29 is 27.6 Å². The average molecular weight is 392 g/mol. The van der Waals surface area contributed by atoms with E-state index in [1.54, 1.807) is 30.3 Å². The molecule has 3 amide bonds. The molecule has 7 nitrogen and oxygen atoms in total. The number of carbonyl (C=O) groups excluding carboxylic acids is 3. The zero-order valence-electron chi connectivity index (χ0n) is 14.7. The first-order valence-corrected chi connectivity index (χ1v) is 8.17. The Hall–Kier alpha value is -3.43. The van der Waals surface area contributed by atoms with E-state index in [-0.39, 0.29) is 6.54 Å². The fourth-order valence-electron chi connectivity index (χ4n) is 2.80. The molecule has 1 saturated heterocycles. The molecule has 1 aliphatic rings. The molecular weight excluding hydrogens is 377 g/mol. The number of carbonyl (C=O) groups is 3. The molecule has 0 bridgehead atoms. The molecule has 0 radical (unpaired) electrons. The van der Waals surface area contributed by atoms with E-state index >= 15 is 0 Å². The van der Waals surface area contributed by atoms with Gasteiger partial charge in [-0.3, -0.25) is 19.3 Å². The summed E-state index contributed by atoms with van der Waals surface area (Å²) in [6, 6.07) is 8.50. The molecule has 1 aliphatic heterocycles. The third kappa shape index (κ3) is 3.95. The van der Waals surface area contributed by atoms with E-state index in [1.165, 1.54) is 0 Å². The number of imide groups is 1. The summed E-state index contributed by atoms with van der Waals surface area (Å²) in [5.41, 5.74) is -1.40. The van der Waals surface area contributed by atoms with Crippen molar-refractivity contribution in [2.45, 2.75) is 19.6 Å². The summed E-state index contributed by atoms with van der Waals surface area (Å²) in [5.74, 6) is -2.26. The van der Waals surface area contributed by atoms with Gasteiger partial charge in [-0.2, -0.15) is 13.2 Å². The third-order valence-corrected chi connectivity index (χ3v) is 4.04. The van der Waals surface area contributed by atoms with Crippen molar-refractivity contribution in [1.29, 1.82) is 0 Å². The Morgan fingerprint density at radius 1 is 1.25 bits per heavy atom. The quantitative estimate of drug-likeness (QED) is 0.808. The Labute approximate surface area is 157 Å². The number of nitrogens with one attached hydrogen (secondary N) is 1. The van der Waals surface area contributed by atoms with Crippen LogP contribution in [0.25, 0.3) is 6.08 Å². The predicted octanol–water partition coefficient (Wildman–Crippen LogP) is 1.80. The monoisotopic (exact) mass is 392 g/mol. The van der Waals surface area contributed by atoms with Gasteiger partial charge in [0.05, 0.1) is 12.0 Å². The lowest BCUT2D eigenvalue weighted by atomic mass is 10.2. The number of rotatable bonds is 3. The summed E-state index contributed by atoms with van der Waals surface area (Å²) in [4.78, 5) is 39.9. The van der Waals surface area contributed by atoms with Crippen LogP contribution >= 0.6 is 0 Å². The second kappa shape index (κ2) is 7.29. The normalized spacial score (nSPS) is 16.4. The topological polar surface area (TPSA) is 84.3 Å². The largest absolute Gasteiger partial charge is 0.433 e. The van der Waals surface area contributed by atoms with Crippen LogP contribution in [0.5, 0.6) is 0 Å². The van der Waals surface area contributed by atoms with E-state index in [0.717, 1.165) is 23.9 Å². The number of hydrogen-bond donors (Lipinski definition) is 1. The Morgan fingerprint density at radius 2 is 1.93 bits per heavy atom. The van der Waals surface area contributed by atoms with Gasteiger partial charge in [0.1, 0.15) is 12.2 Å². The summed E-state index contributed by atoms with van der Waals surface area (Å²) >= 11 is 0. The molecule has 0 spiro atoms. The highest BCUT2D eigenvalue weighted by atomic mass is 19.4.